The van der Waals surface area contributed by atoms with Crippen LogP contribution in [-0.2, 0) is 4.79 Å². The van der Waals surface area contributed by atoms with E-state index in [1.807, 2.05) is 0 Å². The molecule has 0 N–H and O–H groups in total. The van der Waals surface area contributed by atoms with Gasteiger partial charge in [-0.1, -0.05) is 37.8 Å². The predicted octanol–water partition coefficient (Wildman–Crippen LogP) is 6.41. The number of ether oxygens (including phenoxy) is 1. The zero-order valence-electron chi connectivity index (χ0n) is 15.0. The summed E-state index contributed by atoms with van der Waals surface area (Å²) in [7, 11) is 0. The second kappa shape index (κ2) is 8.53. The van der Waals surface area contributed by atoms with Crippen molar-refractivity contribution in [3.63, 3.8) is 0 Å². The number of halogens is 2. The lowest BCUT2D eigenvalue weighted by atomic mass is 9.69. The van der Waals surface area contributed by atoms with Gasteiger partial charge in [-0.15, -0.1) is 0 Å². The first-order valence-corrected chi connectivity index (χ1v) is 10.1. The molecule has 0 unspecified atom stereocenters. The van der Waals surface area contributed by atoms with Crippen LogP contribution in [0.15, 0.2) is 18.2 Å². The van der Waals surface area contributed by atoms with Crippen molar-refractivity contribution >= 4 is 17.6 Å². The summed E-state index contributed by atoms with van der Waals surface area (Å²) in [6.45, 7) is 2.30. The minimum atomic E-state index is -0.581. The van der Waals surface area contributed by atoms with Crippen molar-refractivity contribution in [2.75, 3.05) is 0 Å². The van der Waals surface area contributed by atoms with Gasteiger partial charge in [0.1, 0.15) is 0 Å². The van der Waals surface area contributed by atoms with Crippen LogP contribution in [0.3, 0.4) is 0 Å². The summed E-state index contributed by atoms with van der Waals surface area (Å²) in [4.78, 5) is 12.3. The van der Waals surface area contributed by atoms with Crippen LogP contribution in [0.25, 0.3) is 0 Å². The fourth-order valence-electron chi connectivity index (χ4n) is 4.64. The number of hydrogen-bond acceptors (Lipinski definition) is 2. The third-order valence-electron chi connectivity index (χ3n) is 6.35. The minimum Gasteiger partial charge on any atom is -0.423 e. The zero-order valence-corrected chi connectivity index (χ0v) is 15.7. The lowest BCUT2D eigenvalue weighted by Crippen LogP contribution is -2.30. The maximum absolute atomic E-state index is 13.8. The molecule has 0 aromatic heterocycles. The Bertz CT molecular complexity index is 588. The average molecular weight is 367 g/mol. The molecule has 1 aromatic rings. The van der Waals surface area contributed by atoms with Crippen molar-refractivity contribution in [1.82, 2.24) is 0 Å². The van der Waals surface area contributed by atoms with E-state index in [1.54, 1.807) is 0 Å². The third kappa shape index (κ3) is 4.75. The summed E-state index contributed by atoms with van der Waals surface area (Å²) in [5.41, 5.74) is 0. The van der Waals surface area contributed by atoms with Crippen molar-refractivity contribution in [3.05, 3.63) is 29.0 Å². The van der Waals surface area contributed by atoms with E-state index in [4.69, 9.17) is 16.3 Å². The number of carbonyl (C=O) groups is 1. The summed E-state index contributed by atoms with van der Waals surface area (Å²) >= 11 is 5.73. The van der Waals surface area contributed by atoms with E-state index in [1.165, 1.54) is 50.3 Å². The topological polar surface area (TPSA) is 26.3 Å². The molecule has 25 heavy (non-hydrogen) atoms. The summed E-state index contributed by atoms with van der Waals surface area (Å²) in [5.74, 6) is 1.53. The van der Waals surface area contributed by atoms with Gasteiger partial charge < -0.3 is 4.74 Å². The highest BCUT2D eigenvalue weighted by atomic mass is 35.5. The van der Waals surface area contributed by atoms with E-state index < -0.39 is 5.82 Å². The molecule has 2 saturated carbocycles. The molecule has 0 spiro atoms. The molecule has 0 radical (unpaired) electrons. The molecule has 0 heterocycles. The van der Waals surface area contributed by atoms with Crippen LogP contribution in [0, 0.1) is 29.5 Å². The van der Waals surface area contributed by atoms with Gasteiger partial charge >= 0.3 is 5.97 Å². The van der Waals surface area contributed by atoms with Crippen LogP contribution in [0.5, 0.6) is 5.75 Å². The van der Waals surface area contributed by atoms with Crippen LogP contribution in [0.1, 0.15) is 64.7 Å². The smallest absolute Gasteiger partial charge is 0.314 e. The van der Waals surface area contributed by atoms with E-state index in [0.29, 0.717) is 5.02 Å². The van der Waals surface area contributed by atoms with Crippen LogP contribution >= 0.6 is 11.6 Å². The Kier molecular flexibility index (Phi) is 6.38. The zero-order chi connectivity index (χ0) is 17.8. The van der Waals surface area contributed by atoms with Crippen LogP contribution in [0.2, 0.25) is 5.02 Å². The van der Waals surface area contributed by atoms with Crippen molar-refractivity contribution in [2.24, 2.45) is 23.7 Å². The molecule has 2 aliphatic carbocycles. The van der Waals surface area contributed by atoms with Crippen molar-refractivity contribution in [3.8, 4) is 5.75 Å². The highest BCUT2D eigenvalue weighted by Crippen LogP contribution is 2.42. The van der Waals surface area contributed by atoms with Gasteiger partial charge in [0, 0.05) is 5.02 Å². The number of hydrogen-bond donors (Lipinski definition) is 0. The number of carbonyl (C=O) groups excluding carboxylic acids is 1. The minimum absolute atomic E-state index is 0.0191. The lowest BCUT2D eigenvalue weighted by molar-refractivity contribution is -0.140. The van der Waals surface area contributed by atoms with E-state index in [-0.39, 0.29) is 17.6 Å². The van der Waals surface area contributed by atoms with Gasteiger partial charge in [-0.25, -0.2) is 4.39 Å². The van der Waals surface area contributed by atoms with E-state index in [9.17, 15) is 9.18 Å². The van der Waals surface area contributed by atoms with Crippen molar-refractivity contribution in [2.45, 2.75) is 64.7 Å². The molecule has 138 valence electrons. The predicted molar refractivity (Wildman–Crippen MR) is 98.2 cm³/mol. The molecule has 0 atom stereocenters. The molecule has 2 aliphatic rings. The molecule has 1 aromatic carbocycles. The highest BCUT2D eigenvalue weighted by molar-refractivity contribution is 6.30. The summed E-state index contributed by atoms with van der Waals surface area (Å²) < 4.78 is 19.1. The van der Waals surface area contributed by atoms with E-state index >= 15 is 0 Å². The third-order valence-corrected chi connectivity index (χ3v) is 6.58. The van der Waals surface area contributed by atoms with Crippen molar-refractivity contribution < 1.29 is 13.9 Å². The molecule has 3 rings (SSSR count). The Morgan fingerprint density at radius 2 is 1.68 bits per heavy atom. The fourth-order valence-corrected chi connectivity index (χ4v) is 4.80. The average Bonchev–Trinajstić information content (AvgIpc) is 2.64. The molecule has 4 heteroatoms. The summed E-state index contributed by atoms with van der Waals surface area (Å²) in [5, 5.41) is 0.301. The first kappa shape index (κ1) is 18.7. The summed E-state index contributed by atoms with van der Waals surface area (Å²) in [6.07, 6.45) is 10.7. The normalized spacial score (nSPS) is 30.0. The standard InChI is InChI=1S/C21H28ClFO2/c1-2-14-3-5-15(6-4-14)16-7-9-17(10-8-16)21(24)25-20-12-11-18(22)13-19(20)23/h11-17H,2-10H2,1H3. The molecule has 0 aliphatic heterocycles. The largest absolute Gasteiger partial charge is 0.423 e. The molecule has 0 bridgehead atoms. The number of benzene rings is 1. The Hall–Kier alpha value is -1.09. The van der Waals surface area contributed by atoms with E-state index in [0.717, 1.165) is 43.4 Å². The Morgan fingerprint density at radius 3 is 2.24 bits per heavy atom. The van der Waals surface area contributed by atoms with Gasteiger partial charge in [-0.3, -0.25) is 4.79 Å². The van der Waals surface area contributed by atoms with Crippen LogP contribution in [0.4, 0.5) is 4.39 Å². The monoisotopic (exact) mass is 366 g/mol. The maximum atomic E-state index is 13.8. The Balaban J connectivity index is 1.48. The molecule has 0 amide bonds. The molecule has 0 saturated heterocycles. The van der Waals surface area contributed by atoms with Crippen LogP contribution < -0.4 is 4.74 Å². The van der Waals surface area contributed by atoms with Gasteiger partial charge in [0.2, 0.25) is 0 Å². The quantitative estimate of drug-likeness (QED) is 0.454. The molecular weight excluding hydrogens is 339 g/mol. The second-order valence-corrected chi connectivity index (χ2v) is 8.23. The van der Waals surface area contributed by atoms with Gasteiger partial charge in [0.25, 0.3) is 0 Å². The maximum Gasteiger partial charge on any atom is 0.314 e. The molecule has 2 fully saturated rings. The Labute approximate surface area is 155 Å². The van der Waals surface area contributed by atoms with Crippen molar-refractivity contribution in [1.29, 1.82) is 0 Å². The fraction of sp³-hybridized carbons (Fsp3) is 0.667. The SMILES string of the molecule is CCC1CCC(C2CCC(C(=O)Oc3ccc(Cl)cc3F)CC2)CC1. The van der Waals surface area contributed by atoms with Gasteiger partial charge in [0.05, 0.1) is 5.92 Å². The number of rotatable bonds is 4. The van der Waals surface area contributed by atoms with E-state index in [2.05, 4.69) is 6.92 Å². The number of esters is 1. The molecule has 2 nitrogen and oxygen atoms in total. The lowest BCUT2D eigenvalue weighted by Gasteiger charge is -2.37. The van der Waals surface area contributed by atoms with Gasteiger partial charge in [0.15, 0.2) is 11.6 Å². The Morgan fingerprint density at radius 1 is 1.08 bits per heavy atom. The second-order valence-electron chi connectivity index (χ2n) is 7.80. The highest BCUT2D eigenvalue weighted by Gasteiger charge is 2.33. The molecular formula is C21H28ClFO2. The van der Waals surface area contributed by atoms with Gasteiger partial charge in [-0.05, 0) is 74.5 Å². The summed E-state index contributed by atoms with van der Waals surface area (Å²) in [6, 6.07) is 4.14. The first-order chi connectivity index (χ1) is 12.1. The van der Waals surface area contributed by atoms with Crippen LogP contribution in [-0.4, -0.2) is 5.97 Å². The van der Waals surface area contributed by atoms with Gasteiger partial charge in [-0.2, -0.15) is 0 Å². The first-order valence-electron chi connectivity index (χ1n) is 9.73.